The topological polar surface area (TPSA) is 35.9 Å². The molecule has 0 aliphatic carbocycles. The molecule has 180 valence electrons. The molecule has 0 radical (unpaired) electrons. The first-order valence-electron chi connectivity index (χ1n) is 12.5. The summed E-state index contributed by atoms with van der Waals surface area (Å²) in [5, 5.41) is 10.6. The third kappa shape index (κ3) is 6.55. The van der Waals surface area contributed by atoms with Crippen molar-refractivity contribution in [1.29, 1.82) is 0 Å². The lowest BCUT2D eigenvalue weighted by Crippen LogP contribution is -2.57. The summed E-state index contributed by atoms with van der Waals surface area (Å²) in [4.78, 5) is 5.06. The minimum Gasteiger partial charge on any atom is -0.388 e. The maximum absolute atomic E-state index is 10.6. The molecule has 1 aliphatic rings. The van der Waals surface area contributed by atoms with Crippen LogP contribution in [0.5, 0.6) is 0 Å². The van der Waals surface area contributed by atoms with E-state index in [-0.39, 0.29) is 6.10 Å². The Morgan fingerprint density at radius 3 is 1.65 bits per heavy atom. The van der Waals surface area contributed by atoms with Crippen molar-refractivity contribution in [2.24, 2.45) is 0 Å². The first-order chi connectivity index (χ1) is 16.6. The number of benzene rings is 3. The third-order valence-corrected chi connectivity index (χ3v) is 6.99. The average molecular weight is 459 g/mol. The van der Waals surface area contributed by atoms with E-state index in [2.05, 4.69) is 72.2 Å². The van der Waals surface area contributed by atoms with Crippen LogP contribution in [0.25, 0.3) is 0 Å². The van der Waals surface area contributed by atoms with Crippen LogP contribution >= 0.6 is 0 Å². The minimum absolute atomic E-state index is 0.0455. The molecule has 3 unspecified atom stereocenters. The van der Waals surface area contributed by atoms with Crippen LogP contribution in [0.4, 0.5) is 0 Å². The standard InChI is InChI=1S/C30H38N2O2/c1-24-23-32(25(2)22-31(24)19-18-29(33)26-12-6-3-7-13-26)20-21-34-30(27-14-8-4-9-15-27)28-16-10-5-11-17-28/h3-17,24-25,29-30,33H,18-23H2,1-2H3. The van der Waals surface area contributed by atoms with Crippen LogP contribution in [0.1, 0.15) is 49.2 Å². The van der Waals surface area contributed by atoms with Crippen molar-refractivity contribution in [3.8, 4) is 0 Å². The van der Waals surface area contributed by atoms with Crippen molar-refractivity contribution in [3.63, 3.8) is 0 Å². The van der Waals surface area contributed by atoms with Gasteiger partial charge in [0.25, 0.3) is 0 Å². The fourth-order valence-electron chi connectivity index (χ4n) is 4.95. The molecule has 1 aliphatic heterocycles. The largest absolute Gasteiger partial charge is 0.388 e. The van der Waals surface area contributed by atoms with Crippen molar-refractivity contribution in [3.05, 3.63) is 108 Å². The fraction of sp³-hybridized carbons (Fsp3) is 0.400. The van der Waals surface area contributed by atoms with Crippen LogP contribution < -0.4 is 0 Å². The second kappa shape index (κ2) is 12.3. The fourth-order valence-corrected chi connectivity index (χ4v) is 4.95. The molecule has 3 aromatic rings. The molecule has 4 heteroatoms. The van der Waals surface area contributed by atoms with Crippen LogP contribution in [-0.4, -0.2) is 59.8 Å². The summed E-state index contributed by atoms with van der Waals surface area (Å²) in [6, 6.07) is 31.9. The highest BCUT2D eigenvalue weighted by Crippen LogP contribution is 2.26. The van der Waals surface area contributed by atoms with Crippen molar-refractivity contribution < 1.29 is 9.84 Å². The molecule has 4 rings (SSSR count). The summed E-state index contributed by atoms with van der Waals surface area (Å²) in [5.74, 6) is 0. The molecule has 3 aromatic carbocycles. The number of aliphatic hydroxyl groups is 1. The van der Waals surface area contributed by atoms with Crippen molar-refractivity contribution in [1.82, 2.24) is 9.80 Å². The molecular formula is C30H38N2O2. The first kappa shape index (κ1) is 24.6. The van der Waals surface area contributed by atoms with Crippen LogP contribution in [0, 0.1) is 0 Å². The third-order valence-electron chi connectivity index (χ3n) is 6.99. The second-order valence-corrected chi connectivity index (χ2v) is 9.48. The molecule has 0 bridgehead atoms. The van der Waals surface area contributed by atoms with E-state index in [1.165, 1.54) is 11.1 Å². The van der Waals surface area contributed by atoms with E-state index in [0.717, 1.165) is 38.2 Å². The van der Waals surface area contributed by atoms with Crippen molar-refractivity contribution in [2.45, 2.75) is 44.6 Å². The monoisotopic (exact) mass is 458 g/mol. The average Bonchev–Trinajstić information content (AvgIpc) is 2.89. The number of aliphatic hydroxyl groups excluding tert-OH is 1. The lowest BCUT2D eigenvalue weighted by atomic mass is 10.0. The summed E-state index contributed by atoms with van der Waals surface area (Å²) in [7, 11) is 0. The summed E-state index contributed by atoms with van der Waals surface area (Å²) in [6.45, 7) is 9.16. The van der Waals surface area contributed by atoms with E-state index >= 15 is 0 Å². The van der Waals surface area contributed by atoms with E-state index in [4.69, 9.17) is 4.74 Å². The molecule has 4 nitrogen and oxygen atoms in total. The summed E-state index contributed by atoms with van der Waals surface area (Å²) in [5.41, 5.74) is 3.39. The number of rotatable bonds is 10. The van der Waals surface area contributed by atoms with Crippen LogP contribution in [0.3, 0.4) is 0 Å². The highest BCUT2D eigenvalue weighted by molar-refractivity contribution is 5.29. The van der Waals surface area contributed by atoms with Crippen LogP contribution in [0.2, 0.25) is 0 Å². The molecule has 34 heavy (non-hydrogen) atoms. The molecule has 3 atom stereocenters. The van der Waals surface area contributed by atoms with E-state index in [0.29, 0.717) is 18.7 Å². The molecule has 0 aromatic heterocycles. The van der Waals surface area contributed by atoms with Crippen LogP contribution in [0.15, 0.2) is 91.0 Å². The molecular weight excluding hydrogens is 420 g/mol. The zero-order chi connectivity index (χ0) is 23.8. The SMILES string of the molecule is CC1CN(CCC(O)c2ccccc2)C(C)CN1CCOC(c1ccccc1)c1ccccc1. The molecule has 1 fully saturated rings. The van der Waals surface area contributed by atoms with Gasteiger partial charge in [0, 0.05) is 38.3 Å². The summed E-state index contributed by atoms with van der Waals surface area (Å²) in [6.07, 6.45) is 0.318. The quantitative estimate of drug-likeness (QED) is 0.447. The Balaban J connectivity index is 1.28. The maximum Gasteiger partial charge on any atom is 0.108 e. The highest BCUT2D eigenvalue weighted by atomic mass is 16.5. The molecule has 0 spiro atoms. The maximum atomic E-state index is 10.6. The number of ether oxygens (including phenoxy) is 1. The van der Waals surface area contributed by atoms with Crippen LogP contribution in [-0.2, 0) is 4.74 Å². The van der Waals surface area contributed by atoms with Gasteiger partial charge in [-0.15, -0.1) is 0 Å². The molecule has 1 N–H and O–H groups in total. The summed E-state index contributed by atoms with van der Waals surface area (Å²) < 4.78 is 6.47. The van der Waals surface area contributed by atoms with E-state index in [9.17, 15) is 5.11 Å². The van der Waals surface area contributed by atoms with Gasteiger partial charge in [-0.05, 0) is 37.0 Å². The lowest BCUT2D eigenvalue weighted by Gasteiger charge is -2.44. The molecule has 1 saturated heterocycles. The number of hydrogen-bond acceptors (Lipinski definition) is 4. The normalized spacial score (nSPS) is 20.5. The van der Waals surface area contributed by atoms with E-state index in [1.807, 2.05) is 42.5 Å². The molecule has 0 amide bonds. The lowest BCUT2D eigenvalue weighted by molar-refractivity contribution is 0.00245. The Morgan fingerprint density at radius 1 is 0.706 bits per heavy atom. The van der Waals surface area contributed by atoms with Crippen molar-refractivity contribution >= 4 is 0 Å². The smallest absolute Gasteiger partial charge is 0.108 e. The van der Waals surface area contributed by atoms with Gasteiger partial charge in [-0.3, -0.25) is 9.80 Å². The van der Waals surface area contributed by atoms with Gasteiger partial charge in [0.05, 0.1) is 12.7 Å². The Hall–Kier alpha value is -2.50. The van der Waals surface area contributed by atoms with Gasteiger partial charge in [0.15, 0.2) is 0 Å². The molecule has 1 heterocycles. The number of hydrogen-bond donors (Lipinski definition) is 1. The highest BCUT2D eigenvalue weighted by Gasteiger charge is 2.29. The van der Waals surface area contributed by atoms with Gasteiger partial charge in [0.1, 0.15) is 6.10 Å². The Kier molecular flexibility index (Phi) is 8.89. The summed E-state index contributed by atoms with van der Waals surface area (Å²) >= 11 is 0. The van der Waals surface area contributed by atoms with E-state index in [1.54, 1.807) is 0 Å². The van der Waals surface area contributed by atoms with Gasteiger partial charge in [-0.2, -0.15) is 0 Å². The predicted octanol–water partition coefficient (Wildman–Crippen LogP) is 5.31. The van der Waals surface area contributed by atoms with Gasteiger partial charge in [-0.1, -0.05) is 91.0 Å². The Labute approximate surface area is 204 Å². The van der Waals surface area contributed by atoms with Gasteiger partial charge in [0.2, 0.25) is 0 Å². The minimum atomic E-state index is -0.400. The van der Waals surface area contributed by atoms with Crippen molar-refractivity contribution in [2.75, 3.05) is 32.8 Å². The van der Waals surface area contributed by atoms with E-state index < -0.39 is 6.10 Å². The predicted molar refractivity (Wildman–Crippen MR) is 139 cm³/mol. The number of nitrogens with zero attached hydrogens (tertiary/aromatic N) is 2. The first-order valence-corrected chi connectivity index (χ1v) is 12.5. The zero-order valence-electron chi connectivity index (χ0n) is 20.5. The Bertz CT molecular complexity index is 927. The van der Waals surface area contributed by atoms with Gasteiger partial charge in [-0.25, -0.2) is 0 Å². The van der Waals surface area contributed by atoms with Gasteiger partial charge < -0.3 is 9.84 Å². The second-order valence-electron chi connectivity index (χ2n) is 9.48. The van der Waals surface area contributed by atoms with Gasteiger partial charge >= 0.3 is 0 Å². The number of piperazine rings is 1. The zero-order valence-corrected chi connectivity index (χ0v) is 20.5. The Morgan fingerprint density at radius 2 is 1.15 bits per heavy atom. The molecule has 0 saturated carbocycles.